The van der Waals surface area contributed by atoms with E-state index in [2.05, 4.69) is 16.4 Å². The Bertz CT molecular complexity index is 163. The number of fused-ring (bicyclic) bond motifs is 1. The summed E-state index contributed by atoms with van der Waals surface area (Å²) in [6.45, 7) is 0.648. The molecule has 0 fully saturated rings. The van der Waals surface area contributed by atoms with E-state index in [4.69, 9.17) is 4.74 Å². The van der Waals surface area contributed by atoms with E-state index in [1.54, 1.807) is 0 Å². The first-order valence-electron chi connectivity index (χ1n) is 2.04. The molecule has 1 aromatic heterocycles. The molecule has 2 rings (SSSR count). The van der Waals surface area contributed by atoms with Gasteiger partial charge in [0.2, 0.25) is 0 Å². The zero-order chi connectivity index (χ0) is 4.69. The lowest BCUT2D eigenvalue weighted by molar-refractivity contribution is 0.238. The van der Waals surface area contributed by atoms with Crippen molar-refractivity contribution in [2.24, 2.45) is 0 Å². The standard InChI is InChI=1S/C4H3N2O/c1-4-3(2-7-4)6-5-1/h2H2,(H,5,6). The lowest BCUT2D eigenvalue weighted by Crippen LogP contribution is -2.06. The molecule has 0 saturated heterocycles. The monoisotopic (exact) mass is 95.0 g/mol. The highest BCUT2D eigenvalue weighted by Crippen LogP contribution is 2.23. The molecule has 1 aliphatic rings. The summed E-state index contributed by atoms with van der Waals surface area (Å²) in [5, 5.41) is 6.36. The molecule has 35 valence electrons. The van der Waals surface area contributed by atoms with E-state index < -0.39 is 0 Å². The van der Waals surface area contributed by atoms with E-state index in [9.17, 15) is 0 Å². The van der Waals surface area contributed by atoms with Gasteiger partial charge in [0, 0.05) is 0 Å². The summed E-state index contributed by atoms with van der Waals surface area (Å²) < 4.78 is 4.87. The molecule has 1 radical (unpaired) electrons. The van der Waals surface area contributed by atoms with Crippen molar-refractivity contribution in [3.05, 3.63) is 11.9 Å². The SMILES string of the molecule is [c]1[nH]nc2c1OC2. The molecule has 1 N–H and O–H groups in total. The Morgan fingerprint density at radius 2 is 2.86 bits per heavy atom. The molecule has 0 bridgehead atoms. The second kappa shape index (κ2) is 0.804. The summed E-state index contributed by atoms with van der Waals surface area (Å²) >= 11 is 0. The van der Waals surface area contributed by atoms with Gasteiger partial charge in [0.15, 0.2) is 5.75 Å². The molecule has 0 aromatic carbocycles. The van der Waals surface area contributed by atoms with Crippen LogP contribution >= 0.6 is 0 Å². The van der Waals surface area contributed by atoms with E-state index in [-0.39, 0.29) is 0 Å². The van der Waals surface area contributed by atoms with Crippen LogP contribution in [-0.2, 0) is 6.61 Å². The van der Waals surface area contributed by atoms with Gasteiger partial charge in [0.25, 0.3) is 0 Å². The Kier molecular flexibility index (Phi) is 0.353. The Morgan fingerprint density at radius 1 is 1.86 bits per heavy atom. The van der Waals surface area contributed by atoms with Crippen LogP contribution < -0.4 is 4.74 Å². The summed E-state index contributed by atoms with van der Waals surface area (Å²) in [4.78, 5) is 0. The molecule has 2 heterocycles. The molecule has 3 heteroatoms. The molecular formula is C4H3N2O. The van der Waals surface area contributed by atoms with E-state index in [0.29, 0.717) is 6.61 Å². The maximum absolute atomic E-state index is 4.87. The molecular weight excluding hydrogens is 92.1 g/mol. The van der Waals surface area contributed by atoms with Crippen LogP contribution in [0, 0.1) is 6.20 Å². The van der Waals surface area contributed by atoms with Crippen LogP contribution in [0.3, 0.4) is 0 Å². The molecule has 0 unspecified atom stereocenters. The topological polar surface area (TPSA) is 37.9 Å². The molecule has 0 saturated carbocycles. The smallest absolute Gasteiger partial charge is 0.173 e. The van der Waals surface area contributed by atoms with Crippen molar-refractivity contribution in [1.29, 1.82) is 0 Å². The van der Waals surface area contributed by atoms with Gasteiger partial charge in [0.05, 0.1) is 0 Å². The van der Waals surface area contributed by atoms with Crippen molar-refractivity contribution in [2.75, 3.05) is 0 Å². The van der Waals surface area contributed by atoms with Gasteiger partial charge in [-0.3, -0.25) is 5.10 Å². The number of H-pyrrole nitrogens is 1. The fourth-order valence-corrected chi connectivity index (χ4v) is 0.546. The van der Waals surface area contributed by atoms with E-state index in [0.717, 1.165) is 11.4 Å². The van der Waals surface area contributed by atoms with Crippen LogP contribution in [0.15, 0.2) is 0 Å². The first kappa shape index (κ1) is 3.07. The summed E-state index contributed by atoms with van der Waals surface area (Å²) in [5.41, 5.74) is 0.986. The Balaban J connectivity index is 2.69. The highest BCUT2D eigenvalue weighted by atomic mass is 16.5. The first-order valence-corrected chi connectivity index (χ1v) is 2.04. The van der Waals surface area contributed by atoms with Gasteiger partial charge in [-0.1, -0.05) is 0 Å². The van der Waals surface area contributed by atoms with Crippen molar-refractivity contribution in [3.8, 4) is 5.75 Å². The Morgan fingerprint density at radius 3 is 3.14 bits per heavy atom. The maximum atomic E-state index is 4.87. The predicted molar refractivity (Wildman–Crippen MR) is 21.8 cm³/mol. The van der Waals surface area contributed by atoms with E-state index in [1.807, 2.05) is 0 Å². The molecule has 1 aromatic rings. The number of rotatable bonds is 0. The van der Waals surface area contributed by atoms with Crippen LogP contribution in [0.5, 0.6) is 5.75 Å². The number of aromatic nitrogens is 2. The average Bonchev–Trinajstić information content (AvgIpc) is 1.85. The predicted octanol–water partition coefficient (Wildman–Crippen LogP) is 0.102. The number of nitrogens with one attached hydrogen (secondary N) is 1. The van der Waals surface area contributed by atoms with Crippen LogP contribution in [0.2, 0.25) is 0 Å². The average molecular weight is 95.1 g/mol. The number of hydrogen-bond acceptors (Lipinski definition) is 2. The van der Waals surface area contributed by atoms with Gasteiger partial charge in [-0.05, 0) is 0 Å². The highest BCUT2D eigenvalue weighted by molar-refractivity contribution is 5.27. The van der Waals surface area contributed by atoms with Gasteiger partial charge in [-0.15, -0.1) is 0 Å². The van der Waals surface area contributed by atoms with Gasteiger partial charge in [0.1, 0.15) is 18.5 Å². The Hall–Kier alpha value is -0.990. The van der Waals surface area contributed by atoms with E-state index >= 15 is 0 Å². The van der Waals surface area contributed by atoms with Crippen LogP contribution in [-0.4, -0.2) is 10.2 Å². The maximum Gasteiger partial charge on any atom is 0.173 e. The molecule has 7 heavy (non-hydrogen) atoms. The first-order chi connectivity index (χ1) is 3.47. The molecule has 0 amide bonds. The fourth-order valence-electron chi connectivity index (χ4n) is 0.546. The van der Waals surface area contributed by atoms with Crippen LogP contribution in [0.1, 0.15) is 5.69 Å². The van der Waals surface area contributed by atoms with Crippen LogP contribution in [0.25, 0.3) is 0 Å². The zero-order valence-corrected chi connectivity index (χ0v) is 3.56. The van der Waals surface area contributed by atoms with Crippen molar-refractivity contribution < 1.29 is 4.74 Å². The van der Waals surface area contributed by atoms with Gasteiger partial charge < -0.3 is 4.74 Å². The van der Waals surface area contributed by atoms with Crippen molar-refractivity contribution in [1.82, 2.24) is 10.2 Å². The summed E-state index contributed by atoms with van der Waals surface area (Å²) in [6.07, 6.45) is 2.70. The second-order valence-electron chi connectivity index (χ2n) is 1.41. The number of nitrogens with zero attached hydrogens (tertiary/aromatic N) is 1. The molecule has 0 atom stereocenters. The third-order valence-corrected chi connectivity index (χ3v) is 0.976. The Labute approximate surface area is 40.3 Å². The molecule has 0 aliphatic carbocycles. The minimum Gasteiger partial charge on any atom is -0.483 e. The zero-order valence-electron chi connectivity index (χ0n) is 3.56. The normalized spacial score (nSPS) is 14.3. The van der Waals surface area contributed by atoms with E-state index in [1.165, 1.54) is 0 Å². The summed E-state index contributed by atoms with van der Waals surface area (Å²) in [6, 6.07) is 0. The number of ether oxygens (including phenoxy) is 1. The second-order valence-corrected chi connectivity index (χ2v) is 1.41. The van der Waals surface area contributed by atoms with Crippen molar-refractivity contribution >= 4 is 0 Å². The molecule has 1 aliphatic heterocycles. The summed E-state index contributed by atoms with van der Waals surface area (Å²) in [5.74, 6) is 0.778. The van der Waals surface area contributed by atoms with Crippen molar-refractivity contribution in [3.63, 3.8) is 0 Å². The minimum absolute atomic E-state index is 0.648. The third-order valence-electron chi connectivity index (χ3n) is 0.976. The van der Waals surface area contributed by atoms with Gasteiger partial charge in [-0.2, -0.15) is 5.10 Å². The number of aromatic amines is 1. The third kappa shape index (κ3) is 0.231. The van der Waals surface area contributed by atoms with Crippen LogP contribution in [0.4, 0.5) is 0 Å². The highest BCUT2D eigenvalue weighted by Gasteiger charge is 2.16. The largest absolute Gasteiger partial charge is 0.483 e. The number of hydrogen-bond donors (Lipinski definition) is 1. The summed E-state index contributed by atoms with van der Waals surface area (Å²) in [7, 11) is 0. The van der Waals surface area contributed by atoms with Crippen molar-refractivity contribution in [2.45, 2.75) is 6.61 Å². The molecule has 3 nitrogen and oxygen atoms in total. The minimum atomic E-state index is 0.648. The lowest BCUT2D eigenvalue weighted by Gasteiger charge is -2.10. The quantitative estimate of drug-likeness (QED) is 0.496. The molecule has 0 spiro atoms. The fraction of sp³-hybridized carbons (Fsp3) is 0.250. The lowest BCUT2D eigenvalue weighted by atomic mass is 10.3. The van der Waals surface area contributed by atoms with Gasteiger partial charge in [-0.25, -0.2) is 0 Å². The van der Waals surface area contributed by atoms with Gasteiger partial charge >= 0.3 is 0 Å².